The number of carbonyl (C=O) groups excluding carboxylic acids is 1. The molecule has 0 aromatic carbocycles. The molecule has 0 rings (SSSR count). The second-order valence-corrected chi connectivity index (χ2v) is 2.34. The molecule has 0 aliphatic rings. The third kappa shape index (κ3) is 6.31. The topological polar surface area (TPSA) is 44.8 Å². The van der Waals surface area contributed by atoms with Crippen molar-refractivity contribution in [2.45, 2.75) is 20.0 Å². The molecule has 0 saturated heterocycles. The van der Waals surface area contributed by atoms with Gasteiger partial charge in [0.25, 0.3) is 0 Å². The van der Waals surface area contributed by atoms with Crippen LogP contribution < -0.4 is 0 Å². The second kappa shape index (κ2) is 7.76. The monoisotopic (exact) mass is 188 g/mol. The molecule has 0 heterocycles. The molecule has 0 fully saturated rings. The van der Waals surface area contributed by atoms with E-state index in [0.29, 0.717) is 13.2 Å². The maximum absolute atomic E-state index is 11.0. The van der Waals surface area contributed by atoms with Gasteiger partial charge in [-0.15, -0.1) is 6.58 Å². The Kier molecular flexibility index (Phi) is 7.24. The van der Waals surface area contributed by atoms with Crippen LogP contribution in [0.1, 0.15) is 13.8 Å². The summed E-state index contributed by atoms with van der Waals surface area (Å²) in [6.45, 7) is 7.69. The van der Waals surface area contributed by atoms with E-state index in [4.69, 9.17) is 14.2 Å². The van der Waals surface area contributed by atoms with Crippen molar-refractivity contribution in [3.8, 4) is 0 Å². The van der Waals surface area contributed by atoms with E-state index in [1.54, 1.807) is 19.9 Å². The Morgan fingerprint density at radius 3 is 2.85 bits per heavy atom. The average molecular weight is 188 g/mol. The summed E-state index contributed by atoms with van der Waals surface area (Å²) in [5, 5.41) is 0. The van der Waals surface area contributed by atoms with Crippen LogP contribution in [0.3, 0.4) is 0 Å². The van der Waals surface area contributed by atoms with Gasteiger partial charge in [0, 0.05) is 0 Å². The van der Waals surface area contributed by atoms with Crippen LogP contribution in [0.15, 0.2) is 12.7 Å². The fraction of sp³-hybridized carbons (Fsp3) is 0.667. The molecule has 0 saturated carbocycles. The summed E-state index contributed by atoms with van der Waals surface area (Å²) in [6.07, 6.45) is 1.03. The van der Waals surface area contributed by atoms with Crippen LogP contribution in [0.5, 0.6) is 0 Å². The lowest BCUT2D eigenvalue weighted by Gasteiger charge is -2.11. The van der Waals surface area contributed by atoms with E-state index in [-0.39, 0.29) is 12.8 Å². The molecule has 0 aliphatic carbocycles. The Labute approximate surface area is 78.5 Å². The average Bonchev–Trinajstić information content (AvgIpc) is 2.12. The maximum Gasteiger partial charge on any atom is 0.335 e. The maximum atomic E-state index is 11.0. The fourth-order valence-electron chi connectivity index (χ4n) is 0.609. The van der Waals surface area contributed by atoms with Gasteiger partial charge in [-0.1, -0.05) is 6.08 Å². The van der Waals surface area contributed by atoms with E-state index in [9.17, 15) is 4.79 Å². The molecular formula is C9H16O4. The summed E-state index contributed by atoms with van der Waals surface area (Å²) >= 11 is 0. The molecule has 1 atom stereocenters. The zero-order chi connectivity index (χ0) is 10.1. The Morgan fingerprint density at radius 2 is 2.31 bits per heavy atom. The molecule has 4 heteroatoms. The standard InChI is InChI=1S/C9H16O4/c1-4-6-11-7-13-8(3)9(10)12-5-2/h4,8H,1,5-7H2,2-3H3/t8-/m1/s1. The van der Waals surface area contributed by atoms with Gasteiger partial charge >= 0.3 is 5.97 Å². The summed E-state index contributed by atoms with van der Waals surface area (Å²) in [5.41, 5.74) is 0. The molecule has 4 nitrogen and oxygen atoms in total. The summed E-state index contributed by atoms with van der Waals surface area (Å²) < 4.78 is 14.7. The van der Waals surface area contributed by atoms with Gasteiger partial charge < -0.3 is 14.2 Å². The molecule has 0 aromatic rings. The minimum atomic E-state index is -0.579. The Balaban J connectivity index is 3.43. The van der Waals surface area contributed by atoms with E-state index in [1.165, 1.54) is 0 Å². The number of ether oxygens (including phenoxy) is 3. The molecule has 0 bridgehead atoms. The molecular weight excluding hydrogens is 172 g/mol. The van der Waals surface area contributed by atoms with Crippen molar-refractivity contribution in [1.82, 2.24) is 0 Å². The van der Waals surface area contributed by atoms with Gasteiger partial charge in [-0.05, 0) is 13.8 Å². The minimum Gasteiger partial charge on any atom is -0.464 e. The van der Waals surface area contributed by atoms with E-state index >= 15 is 0 Å². The molecule has 0 aliphatic heterocycles. The number of hydrogen-bond acceptors (Lipinski definition) is 4. The lowest BCUT2D eigenvalue weighted by Crippen LogP contribution is -2.24. The Morgan fingerprint density at radius 1 is 1.62 bits per heavy atom. The summed E-state index contributed by atoms with van der Waals surface area (Å²) in [6, 6.07) is 0. The third-order valence-electron chi connectivity index (χ3n) is 1.26. The van der Waals surface area contributed by atoms with Gasteiger partial charge in [-0.2, -0.15) is 0 Å². The van der Waals surface area contributed by atoms with E-state index < -0.39 is 6.10 Å². The molecule has 0 radical (unpaired) electrons. The first kappa shape index (κ1) is 12.1. The van der Waals surface area contributed by atoms with Crippen molar-refractivity contribution >= 4 is 5.97 Å². The predicted molar refractivity (Wildman–Crippen MR) is 48.2 cm³/mol. The first-order valence-electron chi connectivity index (χ1n) is 4.19. The molecule has 0 unspecified atom stereocenters. The number of carbonyl (C=O) groups is 1. The first-order valence-corrected chi connectivity index (χ1v) is 4.19. The minimum absolute atomic E-state index is 0.0754. The Hall–Kier alpha value is -0.870. The highest BCUT2D eigenvalue weighted by molar-refractivity contribution is 5.74. The van der Waals surface area contributed by atoms with Crippen LogP contribution in [0.4, 0.5) is 0 Å². The van der Waals surface area contributed by atoms with Crippen molar-refractivity contribution in [3.05, 3.63) is 12.7 Å². The van der Waals surface area contributed by atoms with Crippen molar-refractivity contribution in [2.75, 3.05) is 20.0 Å². The summed E-state index contributed by atoms with van der Waals surface area (Å²) in [7, 11) is 0. The highest BCUT2D eigenvalue weighted by atomic mass is 16.7. The van der Waals surface area contributed by atoms with Gasteiger partial charge in [0.05, 0.1) is 13.2 Å². The van der Waals surface area contributed by atoms with Gasteiger partial charge in [-0.3, -0.25) is 0 Å². The van der Waals surface area contributed by atoms with Crippen molar-refractivity contribution in [2.24, 2.45) is 0 Å². The van der Waals surface area contributed by atoms with Crippen molar-refractivity contribution in [3.63, 3.8) is 0 Å². The fourth-order valence-corrected chi connectivity index (χ4v) is 0.609. The van der Waals surface area contributed by atoms with Gasteiger partial charge in [0.1, 0.15) is 6.79 Å². The second-order valence-electron chi connectivity index (χ2n) is 2.34. The van der Waals surface area contributed by atoms with E-state index in [1.807, 2.05) is 0 Å². The van der Waals surface area contributed by atoms with Crippen LogP contribution in [-0.2, 0) is 19.0 Å². The molecule has 0 spiro atoms. The number of rotatable bonds is 7. The van der Waals surface area contributed by atoms with Crippen molar-refractivity contribution < 1.29 is 19.0 Å². The zero-order valence-corrected chi connectivity index (χ0v) is 8.12. The molecule has 0 N–H and O–H groups in total. The summed E-state index contributed by atoms with van der Waals surface area (Å²) in [4.78, 5) is 11.0. The largest absolute Gasteiger partial charge is 0.464 e. The van der Waals surface area contributed by atoms with Gasteiger partial charge in [0.15, 0.2) is 6.10 Å². The molecule has 76 valence electrons. The first-order chi connectivity index (χ1) is 6.22. The molecule has 0 amide bonds. The molecule has 13 heavy (non-hydrogen) atoms. The zero-order valence-electron chi connectivity index (χ0n) is 8.12. The van der Waals surface area contributed by atoms with Crippen LogP contribution >= 0.6 is 0 Å². The Bertz CT molecular complexity index is 156. The van der Waals surface area contributed by atoms with E-state index in [0.717, 1.165) is 0 Å². The van der Waals surface area contributed by atoms with Crippen LogP contribution in [0.2, 0.25) is 0 Å². The molecule has 0 aromatic heterocycles. The van der Waals surface area contributed by atoms with E-state index in [2.05, 4.69) is 6.58 Å². The highest BCUT2D eigenvalue weighted by Gasteiger charge is 2.13. The van der Waals surface area contributed by atoms with Gasteiger partial charge in [-0.25, -0.2) is 4.79 Å². The number of esters is 1. The quantitative estimate of drug-likeness (QED) is 0.260. The number of hydrogen-bond donors (Lipinski definition) is 0. The lowest BCUT2D eigenvalue weighted by molar-refractivity contribution is -0.163. The predicted octanol–water partition coefficient (Wildman–Crippen LogP) is 1.11. The summed E-state index contributed by atoms with van der Waals surface area (Å²) in [5.74, 6) is -0.371. The highest BCUT2D eigenvalue weighted by Crippen LogP contribution is 1.94. The SMILES string of the molecule is C=CCOCO[C@H](C)C(=O)OCC. The van der Waals surface area contributed by atoms with Crippen LogP contribution in [0.25, 0.3) is 0 Å². The van der Waals surface area contributed by atoms with Crippen LogP contribution in [-0.4, -0.2) is 32.1 Å². The van der Waals surface area contributed by atoms with Gasteiger partial charge in [0.2, 0.25) is 0 Å². The van der Waals surface area contributed by atoms with Crippen molar-refractivity contribution in [1.29, 1.82) is 0 Å². The van der Waals surface area contributed by atoms with Crippen LogP contribution in [0, 0.1) is 0 Å². The lowest BCUT2D eigenvalue weighted by atomic mass is 10.4. The third-order valence-corrected chi connectivity index (χ3v) is 1.26. The smallest absolute Gasteiger partial charge is 0.335 e. The normalized spacial score (nSPS) is 12.2.